The SMILES string of the molecule is CCC1CCC2(CC1)NC(=O)N(Cc1nc(N)nc(Nc3ccc(C)cc3)n1)C2=O. The van der Waals surface area contributed by atoms with Crippen LogP contribution in [0.15, 0.2) is 24.3 Å². The van der Waals surface area contributed by atoms with Crippen LogP contribution >= 0.6 is 0 Å². The van der Waals surface area contributed by atoms with Gasteiger partial charge in [-0.2, -0.15) is 15.0 Å². The van der Waals surface area contributed by atoms with Crippen molar-refractivity contribution in [3.05, 3.63) is 35.7 Å². The molecule has 0 bridgehead atoms. The summed E-state index contributed by atoms with van der Waals surface area (Å²) in [6.07, 6.45) is 4.33. The Bertz CT molecular complexity index is 952. The van der Waals surface area contributed by atoms with E-state index in [4.69, 9.17) is 5.73 Å². The molecule has 4 rings (SSSR count). The number of nitrogens with two attached hydrogens (primary N) is 1. The van der Waals surface area contributed by atoms with Gasteiger partial charge in [0.1, 0.15) is 5.54 Å². The highest BCUT2D eigenvalue weighted by Crippen LogP contribution is 2.37. The standard InChI is InChI=1S/C21H27N7O2/c1-3-14-8-10-21(11-9-14)17(29)28(20(30)27-21)12-16-24-18(22)26-19(25-16)23-15-6-4-13(2)5-7-15/h4-7,14H,3,8-12H2,1-2H3,(H,27,30)(H3,22,23,24,25,26). The van der Waals surface area contributed by atoms with E-state index >= 15 is 0 Å². The van der Waals surface area contributed by atoms with Crippen LogP contribution in [-0.2, 0) is 11.3 Å². The molecule has 2 aromatic rings. The summed E-state index contributed by atoms with van der Waals surface area (Å²) in [4.78, 5) is 39.5. The highest BCUT2D eigenvalue weighted by molar-refractivity contribution is 6.07. The van der Waals surface area contributed by atoms with Gasteiger partial charge in [-0.25, -0.2) is 4.79 Å². The van der Waals surface area contributed by atoms with Gasteiger partial charge in [0.15, 0.2) is 5.82 Å². The van der Waals surface area contributed by atoms with Crippen molar-refractivity contribution in [2.24, 2.45) is 5.92 Å². The first kappa shape index (κ1) is 20.1. The number of nitrogens with one attached hydrogen (secondary N) is 2. The van der Waals surface area contributed by atoms with Crippen LogP contribution < -0.4 is 16.4 Å². The second-order valence-electron chi connectivity index (χ2n) is 8.18. The molecule has 1 spiro atoms. The van der Waals surface area contributed by atoms with Gasteiger partial charge in [-0.1, -0.05) is 31.0 Å². The molecule has 1 aliphatic carbocycles. The highest BCUT2D eigenvalue weighted by atomic mass is 16.2. The van der Waals surface area contributed by atoms with Gasteiger partial charge in [-0.05, 0) is 50.7 Å². The van der Waals surface area contributed by atoms with E-state index in [0.717, 1.165) is 30.5 Å². The van der Waals surface area contributed by atoms with Crippen LogP contribution in [0, 0.1) is 12.8 Å². The normalized spacial score (nSPS) is 23.7. The number of anilines is 3. The predicted molar refractivity (Wildman–Crippen MR) is 113 cm³/mol. The third-order valence-electron chi connectivity index (χ3n) is 6.09. The maximum Gasteiger partial charge on any atom is 0.325 e. The number of aryl methyl sites for hydroxylation is 1. The van der Waals surface area contributed by atoms with Gasteiger partial charge in [-0.15, -0.1) is 0 Å². The van der Waals surface area contributed by atoms with E-state index in [2.05, 4.69) is 32.5 Å². The lowest BCUT2D eigenvalue weighted by molar-refractivity contribution is -0.133. The molecular formula is C21H27N7O2. The summed E-state index contributed by atoms with van der Waals surface area (Å²) in [7, 11) is 0. The molecule has 0 atom stereocenters. The summed E-state index contributed by atoms with van der Waals surface area (Å²) >= 11 is 0. The minimum atomic E-state index is -0.787. The minimum Gasteiger partial charge on any atom is -0.368 e. The minimum absolute atomic E-state index is 0.0276. The molecule has 2 heterocycles. The smallest absolute Gasteiger partial charge is 0.325 e. The molecule has 2 fully saturated rings. The van der Waals surface area contributed by atoms with Gasteiger partial charge < -0.3 is 16.4 Å². The first-order chi connectivity index (χ1) is 14.4. The Hall–Kier alpha value is -3.23. The molecule has 158 valence electrons. The summed E-state index contributed by atoms with van der Waals surface area (Å²) in [6, 6.07) is 7.34. The van der Waals surface area contributed by atoms with Crippen LogP contribution in [0.4, 0.5) is 22.4 Å². The number of nitrogens with zero attached hydrogens (tertiary/aromatic N) is 4. The number of benzene rings is 1. The van der Waals surface area contributed by atoms with Crippen molar-refractivity contribution in [3.8, 4) is 0 Å². The molecule has 1 aromatic carbocycles. The molecule has 9 nitrogen and oxygen atoms in total. The van der Waals surface area contributed by atoms with Crippen molar-refractivity contribution in [2.45, 2.75) is 58.0 Å². The Morgan fingerprint density at radius 2 is 1.87 bits per heavy atom. The number of nitrogen functional groups attached to an aromatic ring is 1. The van der Waals surface area contributed by atoms with E-state index in [0.29, 0.717) is 18.8 Å². The average molecular weight is 409 g/mol. The van der Waals surface area contributed by atoms with E-state index in [-0.39, 0.29) is 30.2 Å². The van der Waals surface area contributed by atoms with E-state index in [1.165, 1.54) is 4.90 Å². The number of urea groups is 1. The van der Waals surface area contributed by atoms with Crippen LogP contribution in [-0.4, -0.2) is 37.3 Å². The zero-order valence-corrected chi connectivity index (χ0v) is 17.3. The summed E-state index contributed by atoms with van der Waals surface area (Å²) < 4.78 is 0. The molecule has 2 aliphatic rings. The lowest BCUT2D eigenvalue weighted by Gasteiger charge is -2.34. The average Bonchev–Trinajstić information content (AvgIpc) is 2.94. The van der Waals surface area contributed by atoms with Crippen LogP contribution in [0.3, 0.4) is 0 Å². The summed E-state index contributed by atoms with van der Waals surface area (Å²) in [5.41, 5.74) is 6.99. The second-order valence-corrected chi connectivity index (χ2v) is 8.18. The summed E-state index contributed by atoms with van der Waals surface area (Å²) in [5.74, 6) is 0.980. The van der Waals surface area contributed by atoms with Crippen LogP contribution in [0.25, 0.3) is 0 Å². The zero-order valence-electron chi connectivity index (χ0n) is 17.3. The quantitative estimate of drug-likeness (QED) is 0.648. The fraction of sp³-hybridized carbons (Fsp3) is 0.476. The van der Waals surface area contributed by atoms with Crippen molar-refractivity contribution >= 4 is 29.5 Å². The number of hydrogen-bond donors (Lipinski definition) is 3. The van der Waals surface area contributed by atoms with Gasteiger partial charge in [0.25, 0.3) is 5.91 Å². The maximum absolute atomic E-state index is 13.1. The fourth-order valence-corrected chi connectivity index (χ4v) is 4.21. The van der Waals surface area contributed by atoms with Crippen molar-refractivity contribution < 1.29 is 9.59 Å². The molecule has 1 aliphatic heterocycles. The molecule has 1 aromatic heterocycles. The van der Waals surface area contributed by atoms with E-state index in [1.807, 2.05) is 31.2 Å². The first-order valence-electron chi connectivity index (χ1n) is 10.4. The number of aromatic nitrogens is 3. The molecule has 1 saturated heterocycles. The van der Waals surface area contributed by atoms with Crippen LogP contribution in [0.1, 0.15) is 50.4 Å². The monoisotopic (exact) mass is 409 g/mol. The van der Waals surface area contributed by atoms with E-state index < -0.39 is 11.6 Å². The highest BCUT2D eigenvalue weighted by Gasteiger charge is 2.52. The Kier molecular flexibility index (Phi) is 5.27. The Morgan fingerprint density at radius 3 is 2.53 bits per heavy atom. The van der Waals surface area contributed by atoms with Gasteiger partial charge in [0.05, 0.1) is 6.54 Å². The van der Waals surface area contributed by atoms with Gasteiger partial charge >= 0.3 is 6.03 Å². The van der Waals surface area contributed by atoms with Crippen molar-refractivity contribution in [2.75, 3.05) is 11.1 Å². The topological polar surface area (TPSA) is 126 Å². The number of carbonyl (C=O) groups excluding carboxylic acids is 2. The summed E-state index contributed by atoms with van der Waals surface area (Å²) in [5, 5.41) is 6.01. The molecule has 0 radical (unpaired) electrons. The molecule has 0 unspecified atom stereocenters. The predicted octanol–water partition coefficient (Wildman–Crippen LogP) is 2.90. The number of amides is 3. The number of hydrogen-bond acceptors (Lipinski definition) is 7. The largest absolute Gasteiger partial charge is 0.368 e. The van der Waals surface area contributed by atoms with Crippen molar-refractivity contribution in [1.29, 1.82) is 0 Å². The van der Waals surface area contributed by atoms with Gasteiger partial charge in [0, 0.05) is 5.69 Å². The third-order valence-corrected chi connectivity index (χ3v) is 6.09. The molecule has 30 heavy (non-hydrogen) atoms. The van der Waals surface area contributed by atoms with Crippen LogP contribution in [0.5, 0.6) is 0 Å². The fourth-order valence-electron chi connectivity index (χ4n) is 4.21. The Morgan fingerprint density at radius 1 is 1.17 bits per heavy atom. The second kappa shape index (κ2) is 7.89. The molecule has 4 N–H and O–H groups in total. The van der Waals surface area contributed by atoms with Crippen LogP contribution in [0.2, 0.25) is 0 Å². The number of carbonyl (C=O) groups is 2. The lowest BCUT2D eigenvalue weighted by atomic mass is 9.75. The lowest BCUT2D eigenvalue weighted by Crippen LogP contribution is -2.49. The van der Waals surface area contributed by atoms with Crippen molar-refractivity contribution in [3.63, 3.8) is 0 Å². The first-order valence-corrected chi connectivity index (χ1v) is 10.4. The molecule has 3 amide bonds. The van der Waals surface area contributed by atoms with E-state index in [9.17, 15) is 9.59 Å². The number of imide groups is 1. The Balaban J connectivity index is 1.50. The number of rotatable bonds is 5. The zero-order chi connectivity index (χ0) is 21.3. The maximum atomic E-state index is 13.1. The van der Waals surface area contributed by atoms with E-state index in [1.54, 1.807) is 0 Å². The van der Waals surface area contributed by atoms with Crippen molar-refractivity contribution in [1.82, 2.24) is 25.2 Å². The summed E-state index contributed by atoms with van der Waals surface area (Å²) in [6.45, 7) is 4.12. The molecule has 1 saturated carbocycles. The molecule has 9 heteroatoms. The third kappa shape index (κ3) is 3.92. The van der Waals surface area contributed by atoms with Gasteiger partial charge in [0.2, 0.25) is 11.9 Å². The Labute approximate surface area is 175 Å². The van der Waals surface area contributed by atoms with Gasteiger partial charge in [-0.3, -0.25) is 9.69 Å². The molecular weight excluding hydrogens is 382 g/mol.